The summed E-state index contributed by atoms with van der Waals surface area (Å²) >= 11 is 7.03. The van der Waals surface area contributed by atoms with Crippen LogP contribution in [0.3, 0.4) is 0 Å². The van der Waals surface area contributed by atoms with Crippen LogP contribution in [0.25, 0.3) is 0 Å². The molecule has 0 saturated carbocycles. The first-order valence-corrected chi connectivity index (χ1v) is 7.41. The number of carbonyl (C=O) groups is 3. The molecule has 1 atom stereocenters. The number of nitrogens with one attached hydrogen (secondary N) is 1. The van der Waals surface area contributed by atoms with Gasteiger partial charge in [0.25, 0.3) is 0 Å². The third kappa shape index (κ3) is 3.52. The number of hydrogen-bond donors (Lipinski definition) is 1. The van der Waals surface area contributed by atoms with E-state index in [-0.39, 0.29) is 29.4 Å². The highest BCUT2D eigenvalue weighted by Gasteiger charge is 2.33. The highest BCUT2D eigenvalue weighted by atomic mass is 35.5. The second kappa shape index (κ2) is 6.28. The van der Waals surface area contributed by atoms with Gasteiger partial charge in [0.15, 0.2) is 0 Å². The van der Waals surface area contributed by atoms with Crippen LogP contribution in [-0.2, 0) is 14.4 Å². The molecule has 20 heavy (non-hydrogen) atoms. The van der Waals surface area contributed by atoms with Crippen molar-refractivity contribution in [3.8, 4) is 0 Å². The maximum Gasteiger partial charge on any atom is 0.244 e. The molecule has 1 saturated heterocycles. The third-order valence-corrected chi connectivity index (χ3v) is 4.17. The van der Waals surface area contributed by atoms with E-state index in [0.717, 1.165) is 4.90 Å². The van der Waals surface area contributed by atoms with Crippen molar-refractivity contribution in [3.63, 3.8) is 0 Å². The van der Waals surface area contributed by atoms with E-state index in [1.165, 1.54) is 11.8 Å². The Labute approximate surface area is 125 Å². The topological polar surface area (TPSA) is 66.5 Å². The number of imide groups is 1. The summed E-state index contributed by atoms with van der Waals surface area (Å²) in [5, 5.41) is 2.89. The normalized spacial score (nSPS) is 19.1. The Morgan fingerprint density at radius 1 is 1.40 bits per heavy atom. The van der Waals surface area contributed by atoms with E-state index >= 15 is 0 Å². The Kier molecular flexibility index (Phi) is 4.67. The van der Waals surface area contributed by atoms with Crippen LogP contribution in [0.15, 0.2) is 24.3 Å². The van der Waals surface area contributed by atoms with E-state index in [1.54, 1.807) is 31.2 Å². The number of carbonyl (C=O) groups excluding carboxylic acids is 3. The fourth-order valence-corrected chi connectivity index (χ4v) is 2.68. The molecular formula is C13H13ClN2O3S. The Balaban J connectivity index is 1.98. The van der Waals surface area contributed by atoms with Gasteiger partial charge >= 0.3 is 0 Å². The standard InChI is InChI=1S/C13H13ClN2O3S/c1-8-13(19)16(12(18)7-20-8)6-11(17)15-10-4-2-9(14)3-5-10/h2-5,8H,6-7H2,1H3,(H,15,17)/t8-/m0/s1. The summed E-state index contributed by atoms with van der Waals surface area (Å²) in [6.45, 7) is 1.47. The van der Waals surface area contributed by atoms with Crippen LogP contribution >= 0.6 is 23.4 Å². The molecular weight excluding hydrogens is 300 g/mol. The van der Waals surface area contributed by atoms with Gasteiger partial charge in [-0.1, -0.05) is 11.6 Å². The van der Waals surface area contributed by atoms with Crippen molar-refractivity contribution in [3.05, 3.63) is 29.3 Å². The molecule has 0 spiro atoms. The minimum Gasteiger partial charge on any atom is -0.325 e. The van der Waals surface area contributed by atoms with Crippen molar-refractivity contribution < 1.29 is 14.4 Å². The molecule has 5 nitrogen and oxygen atoms in total. The van der Waals surface area contributed by atoms with Gasteiger partial charge in [0.2, 0.25) is 17.7 Å². The van der Waals surface area contributed by atoms with Crippen LogP contribution in [0.2, 0.25) is 5.02 Å². The first-order chi connectivity index (χ1) is 9.47. The van der Waals surface area contributed by atoms with Crippen molar-refractivity contribution in [2.45, 2.75) is 12.2 Å². The molecule has 0 bridgehead atoms. The van der Waals surface area contributed by atoms with Crippen LogP contribution < -0.4 is 5.32 Å². The summed E-state index contributed by atoms with van der Waals surface area (Å²) < 4.78 is 0. The lowest BCUT2D eigenvalue weighted by molar-refractivity contribution is -0.145. The second-order valence-electron chi connectivity index (χ2n) is 4.33. The molecule has 1 N–H and O–H groups in total. The molecule has 1 fully saturated rings. The van der Waals surface area contributed by atoms with E-state index < -0.39 is 5.91 Å². The van der Waals surface area contributed by atoms with E-state index in [9.17, 15) is 14.4 Å². The maximum absolute atomic E-state index is 11.9. The molecule has 0 unspecified atom stereocenters. The van der Waals surface area contributed by atoms with Crippen LogP contribution in [0, 0.1) is 0 Å². The summed E-state index contributed by atoms with van der Waals surface area (Å²) in [5.41, 5.74) is 0.568. The molecule has 1 heterocycles. The number of benzene rings is 1. The zero-order valence-electron chi connectivity index (χ0n) is 10.8. The summed E-state index contributed by atoms with van der Waals surface area (Å²) in [7, 11) is 0. The van der Waals surface area contributed by atoms with Gasteiger partial charge in [-0.2, -0.15) is 0 Å². The Hall–Kier alpha value is -1.53. The van der Waals surface area contributed by atoms with E-state index in [4.69, 9.17) is 11.6 Å². The number of anilines is 1. The van der Waals surface area contributed by atoms with E-state index in [2.05, 4.69) is 5.32 Å². The molecule has 1 aromatic rings. The third-order valence-electron chi connectivity index (χ3n) is 2.80. The predicted molar refractivity (Wildman–Crippen MR) is 78.7 cm³/mol. The minimum absolute atomic E-state index is 0.223. The lowest BCUT2D eigenvalue weighted by Crippen LogP contribution is -2.49. The monoisotopic (exact) mass is 312 g/mol. The van der Waals surface area contributed by atoms with Gasteiger partial charge < -0.3 is 5.32 Å². The van der Waals surface area contributed by atoms with Crippen molar-refractivity contribution in [1.82, 2.24) is 4.90 Å². The summed E-state index contributed by atoms with van der Waals surface area (Å²) in [6.07, 6.45) is 0. The van der Waals surface area contributed by atoms with Gasteiger partial charge in [-0.3, -0.25) is 19.3 Å². The van der Waals surface area contributed by atoms with Crippen molar-refractivity contribution in [1.29, 1.82) is 0 Å². The maximum atomic E-state index is 11.9. The Bertz CT molecular complexity index is 547. The first kappa shape index (κ1) is 14.9. The molecule has 2 rings (SSSR count). The number of nitrogens with zero attached hydrogens (tertiary/aromatic N) is 1. The lowest BCUT2D eigenvalue weighted by Gasteiger charge is -2.27. The number of hydrogen-bond acceptors (Lipinski definition) is 4. The Morgan fingerprint density at radius 2 is 2.05 bits per heavy atom. The predicted octanol–water partition coefficient (Wildman–Crippen LogP) is 1.77. The Morgan fingerprint density at radius 3 is 2.70 bits per heavy atom. The van der Waals surface area contributed by atoms with Crippen LogP contribution in [0.1, 0.15) is 6.92 Å². The summed E-state index contributed by atoms with van der Waals surface area (Å²) in [6, 6.07) is 6.59. The fourth-order valence-electron chi connectivity index (χ4n) is 1.73. The van der Waals surface area contributed by atoms with Gasteiger partial charge in [0.05, 0.1) is 11.0 Å². The van der Waals surface area contributed by atoms with E-state index in [1.807, 2.05) is 0 Å². The molecule has 7 heteroatoms. The SMILES string of the molecule is C[C@@H]1SCC(=O)N(CC(=O)Nc2ccc(Cl)cc2)C1=O. The van der Waals surface area contributed by atoms with Gasteiger partial charge in [-0.15, -0.1) is 11.8 Å². The van der Waals surface area contributed by atoms with Crippen LogP contribution in [0.4, 0.5) is 5.69 Å². The zero-order chi connectivity index (χ0) is 14.7. The molecule has 1 aliphatic heterocycles. The number of amides is 3. The highest BCUT2D eigenvalue weighted by Crippen LogP contribution is 2.20. The molecule has 3 amide bonds. The minimum atomic E-state index is -0.409. The highest BCUT2D eigenvalue weighted by molar-refractivity contribution is 8.01. The molecule has 0 radical (unpaired) electrons. The number of thioether (sulfide) groups is 1. The quantitative estimate of drug-likeness (QED) is 0.864. The van der Waals surface area contributed by atoms with Gasteiger partial charge in [0, 0.05) is 10.7 Å². The van der Waals surface area contributed by atoms with Gasteiger partial charge in [-0.05, 0) is 31.2 Å². The zero-order valence-corrected chi connectivity index (χ0v) is 12.3. The second-order valence-corrected chi connectivity index (χ2v) is 6.09. The molecule has 1 aromatic carbocycles. The lowest BCUT2D eigenvalue weighted by atomic mass is 10.3. The fraction of sp³-hybridized carbons (Fsp3) is 0.308. The van der Waals surface area contributed by atoms with Crippen molar-refractivity contribution in [2.24, 2.45) is 0 Å². The van der Waals surface area contributed by atoms with E-state index in [0.29, 0.717) is 10.7 Å². The largest absolute Gasteiger partial charge is 0.325 e. The van der Waals surface area contributed by atoms with Gasteiger partial charge in [-0.25, -0.2) is 0 Å². The molecule has 0 aliphatic carbocycles. The summed E-state index contributed by atoms with van der Waals surface area (Å²) in [5.74, 6) is -0.837. The summed E-state index contributed by atoms with van der Waals surface area (Å²) in [4.78, 5) is 36.4. The van der Waals surface area contributed by atoms with Crippen molar-refractivity contribution in [2.75, 3.05) is 17.6 Å². The molecule has 1 aliphatic rings. The first-order valence-electron chi connectivity index (χ1n) is 5.98. The van der Waals surface area contributed by atoms with Crippen LogP contribution in [-0.4, -0.2) is 40.2 Å². The average molecular weight is 313 g/mol. The van der Waals surface area contributed by atoms with Gasteiger partial charge in [0.1, 0.15) is 6.54 Å². The number of rotatable bonds is 3. The molecule has 0 aromatic heterocycles. The average Bonchev–Trinajstić information content (AvgIpc) is 2.42. The molecule has 106 valence electrons. The smallest absolute Gasteiger partial charge is 0.244 e. The van der Waals surface area contributed by atoms with Crippen LogP contribution in [0.5, 0.6) is 0 Å². The van der Waals surface area contributed by atoms with Crippen molar-refractivity contribution >= 4 is 46.8 Å². The number of halogens is 1.